The van der Waals surface area contributed by atoms with E-state index in [0.29, 0.717) is 0 Å². The highest BCUT2D eigenvalue weighted by Gasteiger charge is 2.38. The molecule has 0 bridgehead atoms. The fourth-order valence-corrected chi connectivity index (χ4v) is 8.26. The lowest BCUT2D eigenvalue weighted by atomic mass is 9.73. The molecule has 1 aliphatic carbocycles. The number of fused-ring (bicyclic) bond motifs is 8. The average molecular weight is 581 g/mol. The smallest absolute Gasteiger partial charge is 0.0547 e. The van der Waals surface area contributed by atoms with Crippen LogP contribution in [-0.4, -0.2) is 4.57 Å². The van der Waals surface area contributed by atoms with Crippen LogP contribution in [0, 0.1) is 6.92 Å². The number of hydrogen-bond acceptors (Lipinski definition) is 1. The Balaban J connectivity index is 1.36. The maximum absolute atomic E-state index is 2.49. The second-order valence-electron chi connectivity index (χ2n) is 14.0. The fraction of sp³-hybridized carbons (Fsp3) is 0.163. The van der Waals surface area contributed by atoms with Gasteiger partial charge in [-0.05, 0) is 94.9 Å². The van der Waals surface area contributed by atoms with E-state index in [4.69, 9.17) is 0 Å². The summed E-state index contributed by atoms with van der Waals surface area (Å²) in [6.45, 7) is 11.6. The van der Waals surface area contributed by atoms with Crippen LogP contribution in [0.15, 0.2) is 127 Å². The van der Waals surface area contributed by atoms with Gasteiger partial charge in [0.2, 0.25) is 0 Å². The zero-order valence-corrected chi connectivity index (χ0v) is 26.5. The zero-order valence-electron chi connectivity index (χ0n) is 26.5. The molecular formula is C43H36N2. The van der Waals surface area contributed by atoms with Crippen molar-refractivity contribution in [3.05, 3.63) is 155 Å². The predicted molar refractivity (Wildman–Crippen MR) is 190 cm³/mol. The van der Waals surface area contributed by atoms with Crippen LogP contribution in [0.1, 0.15) is 55.5 Å². The molecule has 1 aromatic heterocycles. The van der Waals surface area contributed by atoms with E-state index in [9.17, 15) is 0 Å². The first kappa shape index (κ1) is 26.3. The summed E-state index contributed by atoms with van der Waals surface area (Å²) in [6, 6.07) is 47.7. The molecule has 45 heavy (non-hydrogen) atoms. The lowest BCUT2D eigenvalue weighted by Gasteiger charge is -2.42. The van der Waals surface area contributed by atoms with Gasteiger partial charge in [-0.1, -0.05) is 106 Å². The first-order valence-corrected chi connectivity index (χ1v) is 16.0. The van der Waals surface area contributed by atoms with Crippen molar-refractivity contribution >= 4 is 38.9 Å². The van der Waals surface area contributed by atoms with Crippen LogP contribution >= 0.6 is 0 Å². The standard InChI is InChI=1S/C43H36N2/c1-27-18-20-28(21-19-27)44-38-23-22-29(45-39-16-10-8-14-35(39)43(4,5)36-15-9-11-17-40(36)45)24-32(38)33-25-37-31(26-41(33)44)30-12-6-7-13-34(30)42(37,2)3/h6-26H,1-5H3. The summed E-state index contributed by atoms with van der Waals surface area (Å²) in [4.78, 5) is 2.47. The van der Waals surface area contributed by atoms with Gasteiger partial charge in [0.05, 0.1) is 22.4 Å². The molecule has 9 rings (SSSR count). The summed E-state index contributed by atoms with van der Waals surface area (Å²) in [5, 5.41) is 2.57. The number of anilines is 3. The minimum absolute atomic E-state index is 0.0632. The summed E-state index contributed by atoms with van der Waals surface area (Å²) in [7, 11) is 0. The predicted octanol–water partition coefficient (Wildman–Crippen LogP) is 11.5. The van der Waals surface area contributed by atoms with Crippen LogP contribution in [0.5, 0.6) is 0 Å². The zero-order chi connectivity index (χ0) is 30.7. The van der Waals surface area contributed by atoms with Gasteiger partial charge < -0.3 is 9.47 Å². The Hall–Kier alpha value is -5.08. The highest BCUT2D eigenvalue weighted by Crippen LogP contribution is 2.54. The highest BCUT2D eigenvalue weighted by atomic mass is 15.2. The molecule has 2 aliphatic rings. The molecule has 2 heteroatoms. The van der Waals surface area contributed by atoms with Crippen molar-refractivity contribution in [2.24, 2.45) is 0 Å². The fourth-order valence-electron chi connectivity index (χ4n) is 8.26. The molecule has 7 aromatic rings. The molecule has 0 fully saturated rings. The summed E-state index contributed by atoms with van der Waals surface area (Å²) < 4.78 is 2.46. The van der Waals surface area contributed by atoms with Crippen molar-refractivity contribution in [2.45, 2.75) is 45.4 Å². The monoisotopic (exact) mass is 580 g/mol. The summed E-state index contributed by atoms with van der Waals surface area (Å²) in [5.41, 5.74) is 16.7. The molecule has 0 amide bonds. The van der Waals surface area contributed by atoms with Gasteiger partial charge in [0.25, 0.3) is 0 Å². The molecule has 1 aliphatic heterocycles. The molecule has 0 saturated heterocycles. The minimum Gasteiger partial charge on any atom is -0.310 e. The van der Waals surface area contributed by atoms with Crippen LogP contribution in [0.2, 0.25) is 0 Å². The van der Waals surface area contributed by atoms with E-state index in [0.717, 1.165) is 0 Å². The van der Waals surface area contributed by atoms with Crippen molar-refractivity contribution in [1.29, 1.82) is 0 Å². The van der Waals surface area contributed by atoms with Crippen LogP contribution in [-0.2, 0) is 10.8 Å². The number of aromatic nitrogens is 1. The number of rotatable bonds is 2. The van der Waals surface area contributed by atoms with Gasteiger partial charge in [0, 0.05) is 33.0 Å². The third-order valence-corrected chi connectivity index (χ3v) is 10.6. The van der Waals surface area contributed by atoms with Gasteiger partial charge >= 0.3 is 0 Å². The minimum atomic E-state index is -0.0869. The molecule has 0 unspecified atom stereocenters. The van der Waals surface area contributed by atoms with E-state index in [-0.39, 0.29) is 10.8 Å². The number of hydrogen-bond donors (Lipinski definition) is 0. The van der Waals surface area contributed by atoms with E-state index >= 15 is 0 Å². The van der Waals surface area contributed by atoms with Crippen LogP contribution in [0.3, 0.4) is 0 Å². The number of aryl methyl sites for hydroxylation is 1. The van der Waals surface area contributed by atoms with Crippen LogP contribution < -0.4 is 4.90 Å². The van der Waals surface area contributed by atoms with Gasteiger partial charge in [-0.15, -0.1) is 0 Å². The van der Waals surface area contributed by atoms with Crippen molar-refractivity contribution in [3.63, 3.8) is 0 Å². The molecule has 0 N–H and O–H groups in total. The summed E-state index contributed by atoms with van der Waals surface area (Å²) in [6.07, 6.45) is 0. The quantitative estimate of drug-likeness (QED) is 0.197. The van der Waals surface area contributed by atoms with Crippen LogP contribution in [0.4, 0.5) is 17.1 Å². The molecule has 2 nitrogen and oxygen atoms in total. The molecule has 218 valence electrons. The van der Waals surface area contributed by atoms with E-state index < -0.39 is 0 Å². The van der Waals surface area contributed by atoms with Gasteiger partial charge in [0.1, 0.15) is 0 Å². The first-order valence-electron chi connectivity index (χ1n) is 16.0. The Labute approximate surface area is 265 Å². The molecule has 0 spiro atoms. The average Bonchev–Trinajstić information content (AvgIpc) is 3.49. The second-order valence-corrected chi connectivity index (χ2v) is 14.0. The van der Waals surface area contributed by atoms with Gasteiger partial charge in [-0.3, -0.25) is 0 Å². The molecule has 6 aromatic carbocycles. The van der Waals surface area contributed by atoms with Crippen molar-refractivity contribution in [3.8, 4) is 16.8 Å². The Bertz CT molecular complexity index is 2280. The maximum atomic E-state index is 2.49. The second kappa shape index (κ2) is 8.99. The normalized spacial score (nSPS) is 15.5. The van der Waals surface area contributed by atoms with Crippen LogP contribution in [0.25, 0.3) is 38.6 Å². The summed E-state index contributed by atoms with van der Waals surface area (Å²) in [5.74, 6) is 0. The third kappa shape index (κ3) is 3.51. The Kier molecular flexibility index (Phi) is 5.26. The molecular weight excluding hydrogens is 544 g/mol. The topological polar surface area (TPSA) is 8.17 Å². The lowest BCUT2D eigenvalue weighted by molar-refractivity contribution is 0.632. The van der Waals surface area contributed by atoms with Crippen molar-refractivity contribution < 1.29 is 0 Å². The maximum Gasteiger partial charge on any atom is 0.0547 e. The van der Waals surface area contributed by atoms with E-state index in [2.05, 4.69) is 171 Å². The molecule has 2 heterocycles. The van der Waals surface area contributed by atoms with E-state index in [1.54, 1.807) is 0 Å². The number of benzene rings is 6. The Morgan fingerprint density at radius 3 is 1.69 bits per heavy atom. The first-order chi connectivity index (χ1) is 21.7. The summed E-state index contributed by atoms with van der Waals surface area (Å²) >= 11 is 0. The molecule has 0 atom stereocenters. The lowest BCUT2D eigenvalue weighted by Crippen LogP contribution is -2.30. The Morgan fingerprint density at radius 2 is 1.00 bits per heavy atom. The van der Waals surface area contributed by atoms with Crippen molar-refractivity contribution in [1.82, 2.24) is 4.57 Å². The van der Waals surface area contributed by atoms with E-state index in [1.165, 1.54) is 83.5 Å². The SMILES string of the molecule is Cc1ccc(-n2c3ccc(N4c5ccccc5C(C)(C)c5ccccc54)cc3c3cc4c(cc32)-c2ccccc2C4(C)C)cc1. The number of nitrogens with zero attached hydrogens (tertiary/aromatic N) is 2. The highest BCUT2D eigenvalue weighted by molar-refractivity contribution is 6.13. The van der Waals surface area contributed by atoms with Gasteiger partial charge in [-0.2, -0.15) is 0 Å². The molecule has 0 radical (unpaired) electrons. The largest absolute Gasteiger partial charge is 0.310 e. The Morgan fingerprint density at radius 1 is 0.444 bits per heavy atom. The molecule has 0 saturated carbocycles. The van der Waals surface area contributed by atoms with Crippen molar-refractivity contribution in [2.75, 3.05) is 4.90 Å². The van der Waals surface area contributed by atoms with Gasteiger partial charge in [-0.25, -0.2) is 0 Å². The van der Waals surface area contributed by atoms with E-state index in [1.807, 2.05) is 0 Å². The third-order valence-electron chi connectivity index (χ3n) is 10.6. The van der Waals surface area contributed by atoms with Gasteiger partial charge in [0.15, 0.2) is 0 Å². The number of para-hydroxylation sites is 2.